The lowest BCUT2D eigenvalue weighted by Gasteiger charge is -2.03. The molecule has 2 aromatic rings. The highest BCUT2D eigenvalue weighted by Crippen LogP contribution is 2.29. The molecule has 0 aliphatic rings. The van der Waals surface area contributed by atoms with Crippen LogP contribution >= 0.6 is 55.2 Å². The first-order valence-electron chi connectivity index (χ1n) is 4.71. The SMILES string of the molecule is Clc1ccccc1SCc1nc(Br)cc(Br)n1. The van der Waals surface area contributed by atoms with Crippen LogP contribution in [0.5, 0.6) is 0 Å². The highest BCUT2D eigenvalue weighted by atomic mass is 79.9. The maximum absolute atomic E-state index is 6.07. The Kier molecular flexibility index (Phi) is 4.85. The van der Waals surface area contributed by atoms with E-state index in [1.807, 2.05) is 30.3 Å². The van der Waals surface area contributed by atoms with E-state index in [1.54, 1.807) is 11.8 Å². The second kappa shape index (κ2) is 6.18. The van der Waals surface area contributed by atoms with Crippen LogP contribution in [0.3, 0.4) is 0 Å². The molecule has 88 valence electrons. The van der Waals surface area contributed by atoms with E-state index in [-0.39, 0.29) is 0 Å². The summed E-state index contributed by atoms with van der Waals surface area (Å²) in [5, 5.41) is 0.756. The molecule has 0 aliphatic heterocycles. The van der Waals surface area contributed by atoms with Crippen molar-refractivity contribution in [1.29, 1.82) is 0 Å². The minimum absolute atomic E-state index is 0.682. The summed E-state index contributed by atoms with van der Waals surface area (Å²) in [6, 6.07) is 9.55. The van der Waals surface area contributed by atoms with E-state index in [9.17, 15) is 0 Å². The van der Waals surface area contributed by atoms with Gasteiger partial charge in [-0.2, -0.15) is 0 Å². The van der Waals surface area contributed by atoms with E-state index in [0.717, 1.165) is 24.9 Å². The molecule has 0 aliphatic carbocycles. The van der Waals surface area contributed by atoms with Crippen molar-refractivity contribution >= 4 is 55.2 Å². The number of thioether (sulfide) groups is 1. The molecule has 2 nitrogen and oxygen atoms in total. The van der Waals surface area contributed by atoms with E-state index in [2.05, 4.69) is 41.8 Å². The Balaban J connectivity index is 2.10. The maximum Gasteiger partial charge on any atom is 0.141 e. The van der Waals surface area contributed by atoms with Gasteiger partial charge < -0.3 is 0 Å². The van der Waals surface area contributed by atoms with Crippen molar-refractivity contribution in [2.75, 3.05) is 0 Å². The van der Waals surface area contributed by atoms with E-state index >= 15 is 0 Å². The minimum atomic E-state index is 0.682. The number of halogens is 3. The molecule has 0 N–H and O–H groups in total. The monoisotopic (exact) mass is 392 g/mol. The molecule has 0 spiro atoms. The fraction of sp³-hybridized carbons (Fsp3) is 0.0909. The number of rotatable bonds is 3. The average molecular weight is 395 g/mol. The normalized spacial score (nSPS) is 10.5. The fourth-order valence-electron chi connectivity index (χ4n) is 1.20. The van der Waals surface area contributed by atoms with Crippen molar-refractivity contribution in [2.24, 2.45) is 0 Å². The summed E-state index contributed by atoms with van der Waals surface area (Å²) < 4.78 is 1.54. The first-order valence-corrected chi connectivity index (χ1v) is 7.66. The van der Waals surface area contributed by atoms with Crippen LogP contribution in [0.4, 0.5) is 0 Å². The summed E-state index contributed by atoms with van der Waals surface area (Å²) in [4.78, 5) is 9.62. The van der Waals surface area contributed by atoms with Crippen LogP contribution in [-0.2, 0) is 5.75 Å². The van der Waals surface area contributed by atoms with Gasteiger partial charge in [0.2, 0.25) is 0 Å². The highest BCUT2D eigenvalue weighted by molar-refractivity contribution is 9.11. The lowest BCUT2D eigenvalue weighted by atomic mass is 10.4. The Morgan fingerprint density at radius 2 is 1.76 bits per heavy atom. The molecule has 0 radical (unpaired) electrons. The largest absolute Gasteiger partial charge is 0.225 e. The van der Waals surface area contributed by atoms with Gasteiger partial charge in [-0.1, -0.05) is 23.7 Å². The molecule has 0 fully saturated rings. The third kappa shape index (κ3) is 3.95. The molecule has 0 bridgehead atoms. The zero-order valence-electron chi connectivity index (χ0n) is 8.53. The van der Waals surface area contributed by atoms with E-state index in [0.29, 0.717) is 5.75 Å². The summed E-state index contributed by atoms with van der Waals surface area (Å²) in [7, 11) is 0. The van der Waals surface area contributed by atoms with Crippen LogP contribution in [0.2, 0.25) is 5.02 Å². The Morgan fingerprint density at radius 1 is 1.12 bits per heavy atom. The van der Waals surface area contributed by atoms with Crippen LogP contribution in [0.25, 0.3) is 0 Å². The second-order valence-corrected chi connectivity index (χ2v) is 6.20. The van der Waals surface area contributed by atoms with Crippen LogP contribution in [0.15, 0.2) is 44.4 Å². The Hall–Kier alpha value is -0.100. The summed E-state index contributed by atoms with van der Waals surface area (Å²) in [6.07, 6.45) is 0. The fourth-order valence-corrected chi connectivity index (χ4v) is 3.45. The molecule has 0 atom stereocenters. The minimum Gasteiger partial charge on any atom is -0.225 e. The number of benzene rings is 1. The molecule has 1 heterocycles. The number of hydrogen-bond donors (Lipinski definition) is 0. The smallest absolute Gasteiger partial charge is 0.141 e. The molecule has 1 aromatic carbocycles. The Morgan fingerprint density at radius 3 is 2.41 bits per heavy atom. The third-order valence-corrected chi connectivity index (χ3v) is 4.23. The average Bonchev–Trinajstić information content (AvgIpc) is 2.27. The Bertz CT molecular complexity index is 516. The van der Waals surface area contributed by atoms with Crippen LogP contribution in [0, 0.1) is 0 Å². The maximum atomic E-state index is 6.07. The molecule has 0 saturated carbocycles. The lowest BCUT2D eigenvalue weighted by Crippen LogP contribution is -1.93. The molecule has 2 rings (SSSR count). The number of hydrogen-bond acceptors (Lipinski definition) is 3. The van der Waals surface area contributed by atoms with Crippen LogP contribution in [0.1, 0.15) is 5.82 Å². The van der Waals surface area contributed by atoms with Gasteiger partial charge in [-0.25, -0.2) is 9.97 Å². The molecule has 17 heavy (non-hydrogen) atoms. The van der Waals surface area contributed by atoms with Gasteiger partial charge >= 0.3 is 0 Å². The molecule has 6 heteroatoms. The molecule has 0 unspecified atom stereocenters. The van der Waals surface area contributed by atoms with Crippen molar-refractivity contribution in [3.8, 4) is 0 Å². The van der Waals surface area contributed by atoms with Crippen LogP contribution < -0.4 is 0 Å². The van der Waals surface area contributed by atoms with E-state index in [4.69, 9.17) is 11.6 Å². The standard InChI is InChI=1S/C11H7Br2ClN2S/c12-9-5-10(13)16-11(15-9)6-17-8-4-2-1-3-7(8)14/h1-5H,6H2. The van der Waals surface area contributed by atoms with Crippen LogP contribution in [-0.4, -0.2) is 9.97 Å². The van der Waals surface area contributed by atoms with Crippen molar-refractivity contribution in [1.82, 2.24) is 9.97 Å². The number of nitrogens with zero attached hydrogens (tertiary/aromatic N) is 2. The first kappa shape index (κ1) is 13.3. The van der Waals surface area contributed by atoms with Gasteiger partial charge in [0.1, 0.15) is 15.0 Å². The molecular weight excluding hydrogens is 387 g/mol. The van der Waals surface area contributed by atoms with Gasteiger partial charge in [0.15, 0.2) is 0 Å². The van der Waals surface area contributed by atoms with Crippen molar-refractivity contribution in [3.05, 3.63) is 50.4 Å². The van der Waals surface area contributed by atoms with Gasteiger partial charge in [-0.05, 0) is 44.0 Å². The molecule has 0 saturated heterocycles. The predicted molar refractivity (Wildman–Crippen MR) is 78.4 cm³/mol. The molecular formula is C11H7Br2ClN2S. The number of aromatic nitrogens is 2. The van der Waals surface area contributed by atoms with Gasteiger partial charge in [0.05, 0.1) is 10.8 Å². The van der Waals surface area contributed by atoms with E-state index in [1.165, 1.54) is 0 Å². The van der Waals surface area contributed by atoms with Gasteiger partial charge in [0, 0.05) is 11.0 Å². The van der Waals surface area contributed by atoms with Crippen molar-refractivity contribution in [2.45, 2.75) is 10.6 Å². The first-order chi connectivity index (χ1) is 8.15. The quantitative estimate of drug-likeness (QED) is 0.544. The van der Waals surface area contributed by atoms with Gasteiger partial charge in [-0.3, -0.25) is 0 Å². The summed E-state index contributed by atoms with van der Waals surface area (Å²) in [5.41, 5.74) is 0. The summed E-state index contributed by atoms with van der Waals surface area (Å²) >= 11 is 14.4. The van der Waals surface area contributed by atoms with Crippen molar-refractivity contribution < 1.29 is 0 Å². The Labute approximate surface area is 125 Å². The highest BCUT2D eigenvalue weighted by Gasteiger charge is 2.04. The zero-order valence-corrected chi connectivity index (χ0v) is 13.3. The molecule has 0 amide bonds. The zero-order chi connectivity index (χ0) is 12.3. The predicted octanol–water partition coefficient (Wildman–Crippen LogP) is 4.95. The second-order valence-electron chi connectivity index (χ2n) is 3.15. The van der Waals surface area contributed by atoms with E-state index < -0.39 is 0 Å². The third-order valence-electron chi connectivity index (χ3n) is 1.90. The van der Waals surface area contributed by atoms with Gasteiger partial charge in [-0.15, -0.1) is 11.8 Å². The molecule has 1 aromatic heterocycles. The van der Waals surface area contributed by atoms with Gasteiger partial charge in [0.25, 0.3) is 0 Å². The summed E-state index contributed by atoms with van der Waals surface area (Å²) in [5.74, 6) is 1.44. The lowest BCUT2D eigenvalue weighted by molar-refractivity contribution is 0.996. The topological polar surface area (TPSA) is 25.8 Å². The van der Waals surface area contributed by atoms with Crippen molar-refractivity contribution in [3.63, 3.8) is 0 Å². The summed E-state index contributed by atoms with van der Waals surface area (Å²) in [6.45, 7) is 0.